The second kappa shape index (κ2) is 9.63. The van der Waals surface area contributed by atoms with Gasteiger partial charge in [-0.1, -0.05) is 45.2 Å². The van der Waals surface area contributed by atoms with Gasteiger partial charge in [0.2, 0.25) is 11.0 Å². The Bertz CT molecular complexity index is 835. The van der Waals surface area contributed by atoms with Gasteiger partial charge in [-0.2, -0.15) is 0 Å². The normalized spacial score (nSPS) is 18.9. The molecule has 2 N–H and O–H groups in total. The summed E-state index contributed by atoms with van der Waals surface area (Å²) in [4.78, 5) is 41.3. The molecule has 166 valence electrons. The number of amides is 2. The number of rotatable bonds is 8. The molecule has 0 radical (unpaired) electrons. The molecule has 1 aliphatic heterocycles. The highest BCUT2D eigenvalue weighted by atomic mass is 32.2. The van der Waals surface area contributed by atoms with Crippen LogP contribution < -0.4 is 10.6 Å². The van der Waals surface area contributed by atoms with Gasteiger partial charge in [0.1, 0.15) is 12.3 Å². The Hall–Kier alpha value is -1.69. The molecule has 8 nitrogen and oxygen atoms in total. The van der Waals surface area contributed by atoms with Gasteiger partial charge in [-0.15, -0.1) is 11.3 Å². The molecule has 0 saturated carbocycles. The summed E-state index contributed by atoms with van der Waals surface area (Å²) in [5.74, 6) is -0.486. The third-order valence-corrected chi connectivity index (χ3v) is 11.7. The van der Waals surface area contributed by atoms with Crippen molar-refractivity contribution >= 4 is 53.7 Å². The lowest BCUT2D eigenvalue weighted by Crippen LogP contribution is -2.59. The standard InChI is InChI=1S/C19H29N3O5S2Si/c1-8-9-26-18(25)22-17-20-13(11(2)28-17)16(24)29-15-12(14(23)21-15)10-27-30(6,7)19(3,4)5/h8,12,15H,1,9-10H2,2-7H3,(H,21,23)(H,20,22,25)/t12-,15+/m0/s1. The molecular formula is C19H29N3O5S2Si. The Balaban J connectivity index is 1.96. The van der Waals surface area contributed by atoms with Crippen LogP contribution in [-0.4, -0.2) is 49.0 Å². The number of ether oxygens (including phenoxy) is 1. The van der Waals surface area contributed by atoms with Crippen LogP contribution in [0.3, 0.4) is 0 Å². The van der Waals surface area contributed by atoms with Gasteiger partial charge in [-0.25, -0.2) is 9.78 Å². The van der Waals surface area contributed by atoms with E-state index in [1.54, 1.807) is 6.92 Å². The largest absolute Gasteiger partial charge is 0.445 e. The Morgan fingerprint density at radius 2 is 2.07 bits per heavy atom. The molecule has 2 rings (SSSR count). The fourth-order valence-corrected chi connectivity index (χ4v) is 5.22. The number of nitrogens with zero attached hydrogens (tertiary/aromatic N) is 1. The summed E-state index contributed by atoms with van der Waals surface area (Å²) in [6.07, 6.45) is 0.792. The molecule has 0 spiro atoms. The Labute approximate surface area is 186 Å². The minimum Gasteiger partial charge on any atom is -0.445 e. The average molecular weight is 472 g/mol. The maximum Gasteiger partial charge on any atom is 0.413 e. The van der Waals surface area contributed by atoms with E-state index >= 15 is 0 Å². The van der Waals surface area contributed by atoms with E-state index in [2.05, 4.69) is 56.1 Å². The predicted molar refractivity (Wildman–Crippen MR) is 123 cm³/mol. The Morgan fingerprint density at radius 1 is 1.40 bits per heavy atom. The van der Waals surface area contributed by atoms with E-state index < -0.39 is 14.4 Å². The maximum absolute atomic E-state index is 12.7. The lowest BCUT2D eigenvalue weighted by Gasteiger charge is -2.41. The van der Waals surface area contributed by atoms with Crippen LogP contribution in [0.5, 0.6) is 0 Å². The Morgan fingerprint density at radius 3 is 2.63 bits per heavy atom. The molecular weight excluding hydrogens is 442 g/mol. The first-order valence-corrected chi connectivity index (χ1v) is 14.1. The van der Waals surface area contributed by atoms with Crippen molar-refractivity contribution in [3.8, 4) is 0 Å². The number of β-lactam (4-membered cyclic amide) rings is 1. The molecule has 2 amide bonds. The third-order valence-electron chi connectivity index (χ3n) is 5.18. The molecule has 2 heterocycles. The highest BCUT2D eigenvalue weighted by Gasteiger charge is 2.45. The van der Waals surface area contributed by atoms with Crippen molar-refractivity contribution < 1.29 is 23.5 Å². The van der Waals surface area contributed by atoms with Crippen LogP contribution in [0.25, 0.3) is 0 Å². The maximum atomic E-state index is 12.7. The molecule has 1 saturated heterocycles. The highest BCUT2D eigenvalue weighted by Crippen LogP contribution is 2.38. The van der Waals surface area contributed by atoms with Gasteiger partial charge in [0.25, 0.3) is 0 Å². The number of thioether (sulfide) groups is 1. The van der Waals surface area contributed by atoms with E-state index in [0.717, 1.165) is 11.8 Å². The number of carbonyl (C=O) groups is 3. The van der Waals surface area contributed by atoms with Crippen LogP contribution >= 0.6 is 23.1 Å². The summed E-state index contributed by atoms with van der Waals surface area (Å²) in [5, 5.41) is 4.96. The zero-order valence-electron chi connectivity index (χ0n) is 18.2. The minimum absolute atomic E-state index is 0.0413. The molecule has 0 aromatic carbocycles. The van der Waals surface area contributed by atoms with Crippen LogP contribution in [0.2, 0.25) is 18.1 Å². The Kier molecular flexibility index (Phi) is 7.89. The van der Waals surface area contributed by atoms with Crippen molar-refractivity contribution in [3.05, 3.63) is 23.2 Å². The van der Waals surface area contributed by atoms with Crippen molar-refractivity contribution in [2.75, 3.05) is 18.5 Å². The van der Waals surface area contributed by atoms with Crippen molar-refractivity contribution in [3.63, 3.8) is 0 Å². The summed E-state index contributed by atoms with van der Waals surface area (Å²) in [5.41, 5.74) is 0.259. The van der Waals surface area contributed by atoms with E-state index in [1.807, 2.05) is 0 Å². The number of thiazole rings is 1. The van der Waals surface area contributed by atoms with Gasteiger partial charge in [-0.3, -0.25) is 14.9 Å². The van der Waals surface area contributed by atoms with Crippen LogP contribution in [0.15, 0.2) is 12.7 Å². The van der Waals surface area contributed by atoms with Crippen LogP contribution in [0.1, 0.15) is 36.1 Å². The molecule has 1 aliphatic rings. The number of hydrogen-bond donors (Lipinski definition) is 2. The first-order chi connectivity index (χ1) is 13.9. The summed E-state index contributed by atoms with van der Waals surface area (Å²) >= 11 is 2.21. The van der Waals surface area contributed by atoms with Crippen LogP contribution in [-0.2, 0) is 14.0 Å². The molecule has 0 aliphatic carbocycles. The zero-order valence-corrected chi connectivity index (χ0v) is 20.8. The number of carbonyl (C=O) groups excluding carboxylic acids is 3. The molecule has 2 atom stereocenters. The van der Waals surface area contributed by atoms with Crippen molar-refractivity contribution in [2.24, 2.45) is 5.92 Å². The first kappa shape index (κ1) is 24.6. The quantitative estimate of drug-likeness (QED) is 0.333. The molecule has 30 heavy (non-hydrogen) atoms. The molecule has 0 unspecified atom stereocenters. The smallest absolute Gasteiger partial charge is 0.413 e. The van der Waals surface area contributed by atoms with Gasteiger partial charge in [-0.05, 0) is 25.1 Å². The van der Waals surface area contributed by atoms with Crippen molar-refractivity contribution in [2.45, 2.75) is 51.2 Å². The van der Waals surface area contributed by atoms with Gasteiger partial charge in [0, 0.05) is 11.5 Å². The molecule has 1 aromatic heterocycles. The number of anilines is 1. The predicted octanol–water partition coefficient (Wildman–Crippen LogP) is 4.15. The molecule has 11 heteroatoms. The topological polar surface area (TPSA) is 107 Å². The number of hydrogen-bond acceptors (Lipinski definition) is 8. The molecule has 1 aromatic rings. The minimum atomic E-state index is -1.99. The van der Waals surface area contributed by atoms with E-state index in [0.29, 0.717) is 11.5 Å². The van der Waals surface area contributed by atoms with Gasteiger partial charge >= 0.3 is 6.09 Å². The van der Waals surface area contributed by atoms with E-state index in [9.17, 15) is 14.4 Å². The molecule has 1 fully saturated rings. The summed E-state index contributed by atoms with van der Waals surface area (Å²) in [7, 11) is -1.99. The summed E-state index contributed by atoms with van der Waals surface area (Å²) < 4.78 is 11.0. The monoisotopic (exact) mass is 471 g/mol. The van der Waals surface area contributed by atoms with E-state index in [4.69, 9.17) is 9.16 Å². The van der Waals surface area contributed by atoms with Gasteiger partial charge in [0.05, 0.1) is 11.3 Å². The second-order valence-corrected chi connectivity index (χ2v) is 15.6. The lowest BCUT2D eigenvalue weighted by atomic mass is 10.0. The molecule has 0 bridgehead atoms. The highest BCUT2D eigenvalue weighted by molar-refractivity contribution is 8.14. The third kappa shape index (κ3) is 5.93. The fraction of sp³-hybridized carbons (Fsp3) is 0.579. The number of aromatic nitrogens is 1. The first-order valence-electron chi connectivity index (χ1n) is 9.53. The van der Waals surface area contributed by atoms with E-state index in [1.165, 1.54) is 17.4 Å². The second-order valence-electron chi connectivity index (χ2n) is 8.45. The summed E-state index contributed by atoms with van der Waals surface area (Å²) in [6.45, 7) is 16.3. The summed E-state index contributed by atoms with van der Waals surface area (Å²) in [6, 6.07) is 0. The number of nitrogens with one attached hydrogen (secondary N) is 2. The van der Waals surface area contributed by atoms with Crippen molar-refractivity contribution in [1.29, 1.82) is 0 Å². The van der Waals surface area contributed by atoms with Crippen molar-refractivity contribution in [1.82, 2.24) is 10.3 Å². The van der Waals surface area contributed by atoms with E-state index in [-0.39, 0.29) is 44.8 Å². The van der Waals surface area contributed by atoms with Gasteiger partial charge < -0.3 is 14.5 Å². The fourth-order valence-electron chi connectivity index (χ4n) is 2.25. The van der Waals surface area contributed by atoms with Gasteiger partial charge in [0.15, 0.2) is 13.4 Å². The number of aryl methyl sites for hydroxylation is 1. The van der Waals surface area contributed by atoms with Crippen LogP contribution in [0, 0.1) is 12.8 Å². The zero-order chi connectivity index (χ0) is 22.7. The average Bonchev–Trinajstić information content (AvgIpc) is 2.98. The van der Waals surface area contributed by atoms with Crippen LogP contribution in [0.4, 0.5) is 9.93 Å². The lowest BCUT2D eigenvalue weighted by molar-refractivity contribution is -0.133. The SMILES string of the molecule is C=CCOC(=O)Nc1nc(C(=O)S[C@H]2NC(=O)[C@@H]2CO[Si](C)(C)C(C)(C)C)c(C)s1.